The summed E-state index contributed by atoms with van der Waals surface area (Å²) in [5.74, 6) is 0.415. The van der Waals surface area contributed by atoms with Gasteiger partial charge in [0.25, 0.3) is 11.6 Å². The Balaban J connectivity index is 1.34. The van der Waals surface area contributed by atoms with Crippen molar-refractivity contribution < 1.29 is 9.72 Å². The van der Waals surface area contributed by atoms with Crippen molar-refractivity contribution in [2.75, 3.05) is 0 Å². The molecule has 33 heavy (non-hydrogen) atoms. The number of para-hydroxylation sites is 1. The van der Waals surface area contributed by atoms with Crippen LogP contribution in [0.3, 0.4) is 0 Å². The first-order valence-corrected chi connectivity index (χ1v) is 11.1. The van der Waals surface area contributed by atoms with E-state index in [1.54, 1.807) is 42.2 Å². The number of nitro benzene ring substituents is 1. The molecule has 0 saturated heterocycles. The van der Waals surface area contributed by atoms with Crippen LogP contribution >= 0.6 is 11.8 Å². The minimum Gasteiger partial charge on any atom is -0.298 e. The lowest BCUT2D eigenvalue weighted by Crippen LogP contribution is -2.35. The molecule has 0 saturated carbocycles. The average Bonchev–Trinajstić information content (AvgIpc) is 2.86. The quantitative estimate of drug-likeness (QED) is 0.211. The fraction of sp³-hybridized carbons (Fsp3) is 0.0400. The molecule has 4 rings (SSSR count). The third-order valence-corrected chi connectivity index (χ3v) is 6.06. The summed E-state index contributed by atoms with van der Waals surface area (Å²) in [5.41, 5.74) is 8.65. The zero-order valence-electron chi connectivity index (χ0n) is 17.5. The first-order valence-electron chi connectivity index (χ1n) is 10.1. The molecule has 3 aromatic carbocycles. The molecule has 0 aliphatic carbocycles. The second-order valence-corrected chi connectivity index (χ2v) is 8.20. The van der Waals surface area contributed by atoms with E-state index < -0.39 is 4.92 Å². The summed E-state index contributed by atoms with van der Waals surface area (Å²) in [6.07, 6.45) is 1.79. The topological polar surface area (TPSA) is 97.2 Å². The molecule has 0 radical (unpaired) electrons. The van der Waals surface area contributed by atoms with Crippen molar-refractivity contribution in [1.82, 2.24) is 15.8 Å². The number of rotatable bonds is 8. The Labute approximate surface area is 194 Å². The number of hydrogen-bond acceptors (Lipinski definition) is 6. The number of hydrogen-bond donors (Lipinski definition) is 2. The fourth-order valence-electron chi connectivity index (χ4n) is 3.19. The molecule has 1 amide bonds. The number of nitrogens with zero attached hydrogens (tertiary/aromatic N) is 2. The van der Waals surface area contributed by atoms with Crippen molar-refractivity contribution in [3.63, 3.8) is 0 Å². The Morgan fingerprint density at radius 2 is 1.73 bits per heavy atom. The SMILES string of the molecule is C=C(NNC(=O)c1ccc(CSc2cccc3cccnc23)cc1)c1cccc([N+](=O)[O-])c1. The second kappa shape index (κ2) is 9.97. The third-order valence-electron chi connectivity index (χ3n) is 4.94. The van der Waals surface area contributed by atoms with Crippen LogP contribution in [0, 0.1) is 10.1 Å². The van der Waals surface area contributed by atoms with Gasteiger partial charge in [-0.1, -0.05) is 49.0 Å². The molecular formula is C25H20N4O3S. The van der Waals surface area contributed by atoms with Gasteiger partial charge in [-0.2, -0.15) is 0 Å². The number of pyridine rings is 1. The van der Waals surface area contributed by atoms with E-state index in [0.29, 0.717) is 16.8 Å². The molecule has 0 fully saturated rings. The zero-order valence-corrected chi connectivity index (χ0v) is 18.3. The summed E-state index contributed by atoms with van der Waals surface area (Å²) in [4.78, 5) is 28.5. The van der Waals surface area contributed by atoms with Gasteiger partial charge >= 0.3 is 0 Å². The van der Waals surface area contributed by atoms with E-state index >= 15 is 0 Å². The molecule has 8 heteroatoms. The number of carbonyl (C=O) groups is 1. The number of benzene rings is 3. The number of non-ortho nitro benzene ring substituents is 1. The first kappa shape index (κ1) is 22.0. The normalized spacial score (nSPS) is 10.5. The van der Waals surface area contributed by atoms with Crippen molar-refractivity contribution in [3.05, 3.63) is 118 Å². The Hall–Kier alpha value is -4.17. The van der Waals surface area contributed by atoms with Crippen LogP contribution in [0.25, 0.3) is 16.6 Å². The fourth-order valence-corrected chi connectivity index (χ4v) is 4.19. The summed E-state index contributed by atoms with van der Waals surface area (Å²) < 4.78 is 0. The standard InChI is InChI=1S/C25H20N4O3S/c1-17(21-6-2-8-22(15-21)29(31)32)27-28-25(30)20-12-10-18(11-13-20)16-33-23-9-3-5-19-7-4-14-26-24(19)23/h2-15,27H,1,16H2,(H,28,30). The van der Waals surface area contributed by atoms with E-state index in [-0.39, 0.29) is 11.6 Å². The van der Waals surface area contributed by atoms with E-state index in [2.05, 4.69) is 28.5 Å². The highest BCUT2D eigenvalue weighted by molar-refractivity contribution is 7.98. The van der Waals surface area contributed by atoms with Gasteiger partial charge in [0.2, 0.25) is 0 Å². The number of amides is 1. The van der Waals surface area contributed by atoms with E-state index in [1.807, 2.05) is 36.4 Å². The van der Waals surface area contributed by atoms with Gasteiger partial charge in [-0.05, 0) is 29.8 Å². The Morgan fingerprint density at radius 1 is 0.970 bits per heavy atom. The van der Waals surface area contributed by atoms with Crippen LogP contribution in [-0.4, -0.2) is 15.8 Å². The second-order valence-electron chi connectivity index (χ2n) is 7.18. The van der Waals surface area contributed by atoms with Gasteiger partial charge in [0, 0.05) is 45.5 Å². The third kappa shape index (κ3) is 5.36. The molecule has 0 spiro atoms. The van der Waals surface area contributed by atoms with Crippen LogP contribution in [0.5, 0.6) is 0 Å². The summed E-state index contributed by atoms with van der Waals surface area (Å²) in [7, 11) is 0. The maximum absolute atomic E-state index is 12.5. The smallest absolute Gasteiger partial charge is 0.270 e. The maximum atomic E-state index is 12.5. The molecule has 0 bridgehead atoms. The Kier molecular flexibility index (Phi) is 6.66. The van der Waals surface area contributed by atoms with E-state index in [4.69, 9.17) is 0 Å². The monoisotopic (exact) mass is 456 g/mol. The molecule has 4 aromatic rings. The van der Waals surface area contributed by atoms with Crippen LogP contribution in [0.15, 0.2) is 96.5 Å². The molecule has 0 atom stereocenters. The maximum Gasteiger partial charge on any atom is 0.270 e. The molecular weight excluding hydrogens is 436 g/mol. The van der Waals surface area contributed by atoms with Crippen LogP contribution in [0.4, 0.5) is 5.69 Å². The van der Waals surface area contributed by atoms with Crippen LogP contribution in [0.1, 0.15) is 21.5 Å². The van der Waals surface area contributed by atoms with Crippen LogP contribution < -0.4 is 10.9 Å². The number of hydrazine groups is 1. The van der Waals surface area contributed by atoms with Crippen molar-refractivity contribution in [2.45, 2.75) is 10.6 Å². The number of fused-ring (bicyclic) bond motifs is 1. The molecule has 0 unspecified atom stereocenters. The largest absolute Gasteiger partial charge is 0.298 e. The van der Waals surface area contributed by atoms with E-state index in [1.165, 1.54) is 12.1 Å². The minimum absolute atomic E-state index is 0.0467. The molecule has 1 aromatic heterocycles. The van der Waals surface area contributed by atoms with Crippen LogP contribution in [0.2, 0.25) is 0 Å². The van der Waals surface area contributed by atoms with Gasteiger partial charge in [0.05, 0.1) is 16.1 Å². The lowest BCUT2D eigenvalue weighted by Gasteiger charge is -2.11. The van der Waals surface area contributed by atoms with Crippen LogP contribution in [-0.2, 0) is 5.75 Å². The zero-order chi connectivity index (χ0) is 23.2. The molecule has 2 N–H and O–H groups in total. The summed E-state index contributed by atoms with van der Waals surface area (Å²) in [6.45, 7) is 3.82. The number of nitro groups is 1. The predicted molar refractivity (Wildman–Crippen MR) is 130 cm³/mol. The molecule has 1 heterocycles. The lowest BCUT2D eigenvalue weighted by molar-refractivity contribution is -0.384. The number of nitrogens with one attached hydrogen (secondary N) is 2. The number of thioether (sulfide) groups is 1. The summed E-state index contributed by atoms with van der Waals surface area (Å²) in [5, 5.41) is 12.0. The van der Waals surface area contributed by atoms with E-state index in [9.17, 15) is 14.9 Å². The van der Waals surface area contributed by atoms with Gasteiger partial charge in [0.15, 0.2) is 0 Å². The van der Waals surface area contributed by atoms with Crippen molar-refractivity contribution in [2.24, 2.45) is 0 Å². The minimum atomic E-state index is -0.480. The highest BCUT2D eigenvalue weighted by atomic mass is 32.2. The average molecular weight is 457 g/mol. The molecule has 164 valence electrons. The Bertz CT molecular complexity index is 1330. The van der Waals surface area contributed by atoms with Gasteiger partial charge in [-0.25, -0.2) is 0 Å². The molecule has 7 nitrogen and oxygen atoms in total. The van der Waals surface area contributed by atoms with Gasteiger partial charge in [-0.15, -0.1) is 11.8 Å². The van der Waals surface area contributed by atoms with Crippen molar-refractivity contribution in [3.8, 4) is 0 Å². The highest BCUT2D eigenvalue weighted by Gasteiger charge is 2.10. The highest BCUT2D eigenvalue weighted by Crippen LogP contribution is 2.29. The number of carbonyl (C=O) groups excluding carboxylic acids is 1. The van der Waals surface area contributed by atoms with E-state index in [0.717, 1.165) is 27.1 Å². The van der Waals surface area contributed by atoms with Gasteiger partial charge in [0.1, 0.15) is 0 Å². The Morgan fingerprint density at radius 3 is 2.52 bits per heavy atom. The molecule has 0 aliphatic rings. The summed E-state index contributed by atoms with van der Waals surface area (Å²) >= 11 is 1.70. The lowest BCUT2D eigenvalue weighted by atomic mass is 10.1. The van der Waals surface area contributed by atoms with Crippen molar-refractivity contribution in [1.29, 1.82) is 0 Å². The predicted octanol–water partition coefficient (Wildman–Crippen LogP) is 5.34. The first-order chi connectivity index (χ1) is 16.0. The van der Waals surface area contributed by atoms with Crippen molar-refractivity contribution >= 4 is 40.0 Å². The van der Waals surface area contributed by atoms with Gasteiger partial charge < -0.3 is 0 Å². The number of aromatic nitrogens is 1. The summed E-state index contributed by atoms with van der Waals surface area (Å²) in [6, 6.07) is 23.4. The molecule has 0 aliphatic heterocycles. The van der Waals surface area contributed by atoms with Gasteiger partial charge in [-0.3, -0.25) is 30.7 Å².